The SMILES string of the molecule is CCCNC(=O)[C@H](C)NC(=O)CN[C@@H](C)c1ccc(Cl)cc1. The molecule has 0 aromatic heterocycles. The monoisotopic (exact) mass is 325 g/mol. The zero-order chi connectivity index (χ0) is 16.5. The van der Waals surface area contributed by atoms with Gasteiger partial charge in [0.1, 0.15) is 6.04 Å². The van der Waals surface area contributed by atoms with Crippen molar-refractivity contribution in [2.75, 3.05) is 13.1 Å². The number of carbonyl (C=O) groups excluding carboxylic acids is 2. The summed E-state index contributed by atoms with van der Waals surface area (Å²) in [6, 6.07) is 6.95. The molecule has 0 aliphatic rings. The lowest BCUT2D eigenvalue weighted by molar-refractivity contribution is -0.128. The molecular weight excluding hydrogens is 302 g/mol. The summed E-state index contributed by atoms with van der Waals surface area (Å²) in [5.74, 6) is -0.374. The van der Waals surface area contributed by atoms with Gasteiger partial charge in [0.25, 0.3) is 0 Å². The Labute approximate surface area is 136 Å². The van der Waals surface area contributed by atoms with Gasteiger partial charge < -0.3 is 16.0 Å². The molecule has 0 bridgehead atoms. The topological polar surface area (TPSA) is 70.2 Å². The highest BCUT2D eigenvalue weighted by atomic mass is 35.5. The molecule has 1 rings (SSSR count). The third kappa shape index (κ3) is 6.45. The number of hydrogen-bond donors (Lipinski definition) is 3. The largest absolute Gasteiger partial charge is 0.354 e. The standard InChI is InChI=1S/C16H24ClN3O2/c1-4-9-18-16(22)12(3)20-15(21)10-19-11(2)13-5-7-14(17)8-6-13/h5-8,11-12,19H,4,9-10H2,1-3H3,(H,18,22)(H,20,21)/t11-,12-/m0/s1. The van der Waals surface area contributed by atoms with Gasteiger partial charge in [0.05, 0.1) is 6.54 Å². The van der Waals surface area contributed by atoms with Crippen LogP contribution in [0.3, 0.4) is 0 Å². The zero-order valence-corrected chi connectivity index (χ0v) is 14.0. The van der Waals surface area contributed by atoms with E-state index in [1.165, 1.54) is 0 Å². The van der Waals surface area contributed by atoms with Crippen LogP contribution in [0.2, 0.25) is 5.02 Å². The Morgan fingerprint density at radius 3 is 2.41 bits per heavy atom. The van der Waals surface area contributed by atoms with Crippen LogP contribution in [0, 0.1) is 0 Å². The van der Waals surface area contributed by atoms with E-state index in [1.807, 2.05) is 38.1 Å². The number of carbonyl (C=O) groups is 2. The van der Waals surface area contributed by atoms with E-state index in [0.717, 1.165) is 12.0 Å². The lowest BCUT2D eigenvalue weighted by Crippen LogP contribution is -2.47. The van der Waals surface area contributed by atoms with E-state index in [-0.39, 0.29) is 24.4 Å². The van der Waals surface area contributed by atoms with E-state index < -0.39 is 6.04 Å². The Kier molecular flexibility index (Phi) is 7.91. The Morgan fingerprint density at radius 2 is 1.82 bits per heavy atom. The number of amides is 2. The minimum Gasteiger partial charge on any atom is -0.354 e. The summed E-state index contributed by atoms with van der Waals surface area (Å²) in [6.07, 6.45) is 0.868. The normalized spacial score (nSPS) is 13.3. The number of halogens is 1. The number of rotatable bonds is 8. The zero-order valence-electron chi connectivity index (χ0n) is 13.3. The lowest BCUT2D eigenvalue weighted by atomic mass is 10.1. The molecule has 2 amide bonds. The third-order valence-electron chi connectivity index (χ3n) is 3.26. The summed E-state index contributed by atoms with van der Waals surface area (Å²) in [5, 5.41) is 9.22. The molecule has 2 atom stereocenters. The average Bonchev–Trinajstić information content (AvgIpc) is 2.50. The molecule has 5 nitrogen and oxygen atoms in total. The Bertz CT molecular complexity index is 491. The maximum absolute atomic E-state index is 11.8. The second-order valence-corrected chi connectivity index (χ2v) is 5.67. The van der Waals surface area contributed by atoms with Crippen LogP contribution in [0.5, 0.6) is 0 Å². The van der Waals surface area contributed by atoms with Crippen LogP contribution in [0.4, 0.5) is 0 Å². The van der Waals surface area contributed by atoms with Crippen LogP contribution in [-0.2, 0) is 9.59 Å². The molecule has 0 aliphatic carbocycles. The van der Waals surface area contributed by atoms with Gasteiger partial charge in [-0.1, -0.05) is 30.7 Å². The number of benzene rings is 1. The second-order valence-electron chi connectivity index (χ2n) is 5.23. The average molecular weight is 326 g/mol. The van der Waals surface area contributed by atoms with Crippen LogP contribution < -0.4 is 16.0 Å². The molecule has 122 valence electrons. The van der Waals surface area contributed by atoms with Crippen molar-refractivity contribution in [1.82, 2.24) is 16.0 Å². The third-order valence-corrected chi connectivity index (χ3v) is 3.51. The quantitative estimate of drug-likeness (QED) is 0.685. The van der Waals surface area contributed by atoms with E-state index in [4.69, 9.17) is 11.6 Å². The van der Waals surface area contributed by atoms with Crippen molar-refractivity contribution in [3.8, 4) is 0 Å². The Morgan fingerprint density at radius 1 is 1.18 bits per heavy atom. The smallest absolute Gasteiger partial charge is 0.242 e. The molecule has 0 aliphatic heterocycles. The van der Waals surface area contributed by atoms with Crippen molar-refractivity contribution >= 4 is 23.4 Å². The van der Waals surface area contributed by atoms with E-state index in [2.05, 4.69) is 16.0 Å². The predicted octanol–water partition coefficient (Wildman–Crippen LogP) is 2.02. The number of hydrogen-bond acceptors (Lipinski definition) is 3. The summed E-state index contributed by atoms with van der Waals surface area (Å²) >= 11 is 5.84. The highest BCUT2D eigenvalue weighted by Gasteiger charge is 2.15. The van der Waals surface area contributed by atoms with Crippen molar-refractivity contribution in [3.63, 3.8) is 0 Å². The van der Waals surface area contributed by atoms with E-state index in [0.29, 0.717) is 11.6 Å². The summed E-state index contributed by atoms with van der Waals surface area (Å²) in [4.78, 5) is 23.5. The van der Waals surface area contributed by atoms with Crippen molar-refractivity contribution in [3.05, 3.63) is 34.9 Å². The Hall–Kier alpha value is -1.59. The molecule has 22 heavy (non-hydrogen) atoms. The molecule has 0 saturated carbocycles. The van der Waals surface area contributed by atoms with Gasteiger partial charge in [0.15, 0.2) is 0 Å². The summed E-state index contributed by atoms with van der Waals surface area (Å²) < 4.78 is 0. The lowest BCUT2D eigenvalue weighted by Gasteiger charge is -2.17. The first-order chi connectivity index (χ1) is 10.4. The molecule has 6 heteroatoms. The van der Waals surface area contributed by atoms with E-state index >= 15 is 0 Å². The highest BCUT2D eigenvalue weighted by molar-refractivity contribution is 6.30. The molecule has 0 spiro atoms. The molecule has 0 unspecified atom stereocenters. The van der Waals surface area contributed by atoms with Gasteiger partial charge in [0, 0.05) is 17.6 Å². The van der Waals surface area contributed by atoms with Crippen molar-refractivity contribution in [2.24, 2.45) is 0 Å². The van der Waals surface area contributed by atoms with Crippen molar-refractivity contribution in [2.45, 2.75) is 39.3 Å². The highest BCUT2D eigenvalue weighted by Crippen LogP contribution is 2.15. The summed E-state index contributed by atoms with van der Waals surface area (Å²) in [5.41, 5.74) is 1.05. The van der Waals surface area contributed by atoms with Crippen LogP contribution in [-0.4, -0.2) is 30.9 Å². The predicted molar refractivity (Wildman–Crippen MR) is 88.8 cm³/mol. The van der Waals surface area contributed by atoms with Gasteiger partial charge in [-0.3, -0.25) is 9.59 Å². The maximum Gasteiger partial charge on any atom is 0.242 e. The minimum absolute atomic E-state index is 0.0206. The molecule has 1 aromatic carbocycles. The van der Waals surface area contributed by atoms with Gasteiger partial charge >= 0.3 is 0 Å². The van der Waals surface area contributed by atoms with E-state index in [9.17, 15) is 9.59 Å². The molecule has 0 saturated heterocycles. The van der Waals surface area contributed by atoms with Crippen LogP contribution in [0.15, 0.2) is 24.3 Å². The van der Waals surface area contributed by atoms with Gasteiger partial charge in [0.2, 0.25) is 11.8 Å². The summed E-state index contributed by atoms with van der Waals surface area (Å²) in [6.45, 7) is 6.38. The first-order valence-corrected chi connectivity index (χ1v) is 7.87. The molecular formula is C16H24ClN3O2. The first kappa shape index (κ1) is 18.5. The molecule has 0 fully saturated rings. The molecule has 1 aromatic rings. The van der Waals surface area contributed by atoms with Crippen LogP contribution in [0.1, 0.15) is 38.8 Å². The molecule has 0 heterocycles. The maximum atomic E-state index is 11.8. The molecule has 3 N–H and O–H groups in total. The van der Waals surface area contributed by atoms with Crippen molar-refractivity contribution < 1.29 is 9.59 Å². The van der Waals surface area contributed by atoms with Gasteiger partial charge in [-0.2, -0.15) is 0 Å². The van der Waals surface area contributed by atoms with Gasteiger partial charge in [-0.15, -0.1) is 0 Å². The number of nitrogens with one attached hydrogen (secondary N) is 3. The first-order valence-electron chi connectivity index (χ1n) is 7.50. The van der Waals surface area contributed by atoms with Crippen LogP contribution in [0.25, 0.3) is 0 Å². The molecule has 0 radical (unpaired) electrons. The summed E-state index contributed by atoms with van der Waals surface area (Å²) in [7, 11) is 0. The van der Waals surface area contributed by atoms with Crippen LogP contribution >= 0.6 is 11.6 Å². The fraction of sp³-hybridized carbons (Fsp3) is 0.500. The fourth-order valence-corrected chi connectivity index (χ4v) is 2.00. The van der Waals surface area contributed by atoms with Crippen molar-refractivity contribution in [1.29, 1.82) is 0 Å². The van der Waals surface area contributed by atoms with Gasteiger partial charge in [-0.25, -0.2) is 0 Å². The minimum atomic E-state index is -0.535. The van der Waals surface area contributed by atoms with E-state index in [1.54, 1.807) is 6.92 Å². The Balaban J connectivity index is 2.36. The second kappa shape index (κ2) is 9.43. The fourth-order valence-electron chi connectivity index (χ4n) is 1.87. The van der Waals surface area contributed by atoms with Gasteiger partial charge in [-0.05, 0) is 38.0 Å².